The first kappa shape index (κ1) is 12.1. The largest absolute Gasteiger partial charge is 0.481 e. The fourth-order valence-electron chi connectivity index (χ4n) is 1.45. The number of carbonyl (C=O) groups is 1. The summed E-state index contributed by atoms with van der Waals surface area (Å²) in [5.74, 6) is -1.72. The van der Waals surface area contributed by atoms with Crippen LogP contribution in [0.2, 0.25) is 0 Å². The molecular formula is C10H15NO3S. The lowest BCUT2D eigenvalue weighted by Gasteiger charge is -2.16. The average Bonchev–Trinajstić information content (AvgIpc) is 2.59. The molecule has 15 heavy (non-hydrogen) atoms. The molecule has 1 heterocycles. The summed E-state index contributed by atoms with van der Waals surface area (Å²) in [4.78, 5) is 15.0. The molecule has 0 fully saturated rings. The zero-order valence-electron chi connectivity index (χ0n) is 8.80. The van der Waals surface area contributed by atoms with E-state index >= 15 is 0 Å². The van der Waals surface area contributed by atoms with Crippen LogP contribution in [0.15, 0.2) is 5.38 Å². The van der Waals surface area contributed by atoms with Crippen LogP contribution in [0.1, 0.15) is 36.6 Å². The number of nitrogens with zero attached hydrogens (tertiary/aromatic N) is 1. The maximum absolute atomic E-state index is 10.9. The minimum absolute atomic E-state index is 0.465. The second-order valence-corrected chi connectivity index (χ2v) is 4.53. The smallest absolute Gasteiger partial charge is 0.309 e. The number of hydrogen-bond acceptors (Lipinski definition) is 4. The van der Waals surface area contributed by atoms with E-state index in [0.717, 1.165) is 11.4 Å². The van der Waals surface area contributed by atoms with Gasteiger partial charge in [0.1, 0.15) is 6.10 Å². The van der Waals surface area contributed by atoms with Gasteiger partial charge in [0.15, 0.2) is 0 Å². The second kappa shape index (κ2) is 5.23. The quantitative estimate of drug-likeness (QED) is 0.810. The minimum Gasteiger partial charge on any atom is -0.481 e. The van der Waals surface area contributed by atoms with E-state index in [4.69, 9.17) is 5.11 Å². The van der Waals surface area contributed by atoms with Crippen molar-refractivity contribution < 1.29 is 15.0 Å². The van der Waals surface area contributed by atoms with E-state index in [9.17, 15) is 9.90 Å². The molecule has 2 unspecified atom stereocenters. The maximum atomic E-state index is 10.9. The highest BCUT2D eigenvalue weighted by atomic mass is 32.1. The molecule has 2 N–H and O–H groups in total. The average molecular weight is 229 g/mol. The Kier molecular flexibility index (Phi) is 4.23. The van der Waals surface area contributed by atoms with Crippen LogP contribution in [0.4, 0.5) is 0 Å². The Morgan fingerprint density at radius 1 is 1.67 bits per heavy atom. The van der Waals surface area contributed by atoms with Gasteiger partial charge < -0.3 is 10.2 Å². The second-order valence-electron chi connectivity index (χ2n) is 3.47. The van der Waals surface area contributed by atoms with Crippen LogP contribution in [-0.2, 0) is 4.79 Å². The Labute approximate surface area is 92.6 Å². The highest BCUT2D eigenvalue weighted by molar-refractivity contribution is 7.09. The van der Waals surface area contributed by atoms with Crippen LogP contribution in [0.5, 0.6) is 0 Å². The SMILES string of the molecule is CCCC(C(=O)O)C(O)c1csc(C)n1. The topological polar surface area (TPSA) is 70.4 Å². The summed E-state index contributed by atoms with van der Waals surface area (Å²) >= 11 is 1.42. The van der Waals surface area contributed by atoms with Crippen LogP contribution in [0.3, 0.4) is 0 Å². The van der Waals surface area contributed by atoms with Crippen molar-refractivity contribution in [1.82, 2.24) is 4.98 Å². The van der Waals surface area contributed by atoms with E-state index < -0.39 is 18.0 Å². The lowest BCUT2D eigenvalue weighted by atomic mass is 9.95. The number of aliphatic hydroxyl groups is 1. The van der Waals surface area contributed by atoms with E-state index in [1.165, 1.54) is 11.3 Å². The Morgan fingerprint density at radius 2 is 2.33 bits per heavy atom. The predicted octanol–water partition coefficient (Wildman–Crippen LogP) is 1.99. The number of hydrogen-bond donors (Lipinski definition) is 2. The lowest BCUT2D eigenvalue weighted by molar-refractivity contribution is -0.146. The third-order valence-electron chi connectivity index (χ3n) is 2.24. The van der Waals surface area contributed by atoms with Crippen molar-refractivity contribution in [1.29, 1.82) is 0 Å². The van der Waals surface area contributed by atoms with E-state index in [0.29, 0.717) is 12.1 Å². The van der Waals surface area contributed by atoms with Gasteiger partial charge in [-0.1, -0.05) is 13.3 Å². The molecule has 5 heteroatoms. The molecule has 0 bridgehead atoms. The monoisotopic (exact) mass is 229 g/mol. The highest BCUT2D eigenvalue weighted by Crippen LogP contribution is 2.26. The Hall–Kier alpha value is -0.940. The van der Waals surface area contributed by atoms with Gasteiger partial charge in [-0.05, 0) is 13.3 Å². The fraction of sp³-hybridized carbons (Fsp3) is 0.600. The molecule has 0 radical (unpaired) electrons. The van der Waals surface area contributed by atoms with Crippen molar-refractivity contribution in [3.05, 3.63) is 16.1 Å². The molecular weight excluding hydrogens is 214 g/mol. The number of carboxylic acids is 1. The number of aryl methyl sites for hydroxylation is 1. The van der Waals surface area contributed by atoms with Gasteiger partial charge in [-0.25, -0.2) is 4.98 Å². The summed E-state index contributed by atoms with van der Waals surface area (Å²) in [6.45, 7) is 3.73. The number of carboxylic acid groups (broad SMARTS) is 1. The van der Waals surface area contributed by atoms with E-state index in [2.05, 4.69) is 4.98 Å². The first-order chi connectivity index (χ1) is 7.06. The van der Waals surface area contributed by atoms with Gasteiger partial charge in [0.25, 0.3) is 0 Å². The van der Waals surface area contributed by atoms with Crippen LogP contribution in [0, 0.1) is 12.8 Å². The molecule has 2 atom stereocenters. The zero-order chi connectivity index (χ0) is 11.4. The molecule has 0 spiro atoms. The third-order valence-corrected chi connectivity index (χ3v) is 3.03. The van der Waals surface area contributed by atoms with Crippen molar-refractivity contribution in [3.8, 4) is 0 Å². The lowest BCUT2D eigenvalue weighted by Crippen LogP contribution is -2.22. The van der Waals surface area contributed by atoms with E-state index in [1.54, 1.807) is 5.38 Å². The van der Waals surface area contributed by atoms with Gasteiger partial charge >= 0.3 is 5.97 Å². The number of aliphatic hydroxyl groups excluding tert-OH is 1. The van der Waals surface area contributed by atoms with Gasteiger partial charge in [-0.15, -0.1) is 11.3 Å². The molecule has 0 saturated heterocycles. The third kappa shape index (κ3) is 3.00. The minimum atomic E-state index is -0.993. The van der Waals surface area contributed by atoms with Crippen LogP contribution < -0.4 is 0 Å². The molecule has 0 aromatic carbocycles. The molecule has 0 amide bonds. The molecule has 0 aliphatic carbocycles. The first-order valence-electron chi connectivity index (χ1n) is 4.89. The van der Waals surface area contributed by atoms with Gasteiger partial charge in [0, 0.05) is 5.38 Å². The van der Waals surface area contributed by atoms with Crippen molar-refractivity contribution >= 4 is 17.3 Å². The number of thiazole rings is 1. The molecule has 1 rings (SSSR count). The summed E-state index contributed by atoms with van der Waals surface area (Å²) in [5.41, 5.74) is 0.471. The van der Waals surface area contributed by atoms with E-state index in [1.807, 2.05) is 13.8 Å². The molecule has 1 aromatic heterocycles. The summed E-state index contributed by atoms with van der Waals surface area (Å²) in [6, 6.07) is 0. The maximum Gasteiger partial charge on any atom is 0.309 e. The molecule has 1 aromatic rings. The Morgan fingerprint density at radius 3 is 2.73 bits per heavy atom. The van der Waals surface area contributed by atoms with Gasteiger partial charge in [-0.2, -0.15) is 0 Å². The van der Waals surface area contributed by atoms with Crippen LogP contribution in [0.25, 0.3) is 0 Å². The first-order valence-corrected chi connectivity index (χ1v) is 5.77. The Bertz CT molecular complexity index is 337. The van der Waals surface area contributed by atoms with Gasteiger partial charge in [-0.3, -0.25) is 4.79 Å². The fourth-order valence-corrected chi connectivity index (χ4v) is 2.09. The summed E-state index contributed by atoms with van der Waals surface area (Å²) in [6.07, 6.45) is 0.205. The number of rotatable bonds is 5. The van der Waals surface area contributed by atoms with Crippen LogP contribution >= 0.6 is 11.3 Å². The van der Waals surface area contributed by atoms with Crippen molar-refractivity contribution in [2.24, 2.45) is 5.92 Å². The van der Waals surface area contributed by atoms with Crippen molar-refractivity contribution in [2.45, 2.75) is 32.8 Å². The number of aliphatic carboxylic acids is 1. The number of aromatic nitrogens is 1. The van der Waals surface area contributed by atoms with Crippen molar-refractivity contribution in [3.63, 3.8) is 0 Å². The molecule has 0 aliphatic heterocycles. The highest BCUT2D eigenvalue weighted by Gasteiger charge is 2.28. The molecule has 0 saturated carbocycles. The van der Waals surface area contributed by atoms with E-state index in [-0.39, 0.29) is 0 Å². The Balaban J connectivity index is 2.80. The molecule has 0 aliphatic rings. The predicted molar refractivity (Wildman–Crippen MR) is 57.8 cm³/mol. The molecule has 4 nitrogen and oxygen atoms in total. The van der Waals surface area contributed by atoms with Crippen LogP contribution in [-0.4, -0.2) is 21.2 Å². The summed E-state index contributed by atoms with van der Waals surface area (Å²) in [7, 11) is 0. The van der Waals surface area contributed by atoms with Crippen molar-refractivity contribution in [2.75, 3.05) is 0 Å². The van der Waals surface area contributed by atoms with Gasteiger partial charge in [0.05, 0.1) is 16.6 Å². The summed E-state index contributed by atoms with van der Waals surface area (Å²) < 4.78 is 0. The summed E-state index contributed by atoms with van der Waals surface area (Å²) in [5, 5.41) is 21.4. The van der Waals surface area contributed by atoms with Gasteiger partial charge in [0.2, 0.25) is 0 Å². The zero-order valence-corrected chi connectivity index (χ0v) is 9.62. The standard InChI is InChI=1S/C10H15NO3S/c1-3-4-7(10(13)14)9(12)8-5-15-6(2)11-8/h5,7,9,12H,3-4H2,1-2H3,(H,13,14). The normalized spacial score (nSPS) is 14.9. The molecule has 84 valence electrons.